The maximum atomic E-state index is 12.0. The van der Waals surface area contributed by atoms with Crippen LogP contribution in [0.5, 0.6) is 0 Å². The Bertz CT molecular complexity index is 680. The Balaban J connectivity index is 2.30. The second-order valence-electron chi connectivity index (χ2n) is 3.71. The Morgan fingerprint density at radius 3 is 2.56 bits per heavy atom. The van der Waals surface area contributed by atoms with Gasteiger partial charge < -0.3 is 5.73 Å². The standard InChI is InChI=1S/C11H11ClN2O2S2/c1-7-2-5-11(17-7)18(15,16)14-8-3-4-10(13)9(12)6-8/h2-6,14H,13H2,1H3. The van der Waals surface area contributed by atoms with Crippen LogP contribution in [0.4, 0.5) is 11.4 Å². The maximum absolute atomic E-state index is 12.0. The van der Waals surface area contributed by atoms with Crippen LogP contribution in [0, 0.1) is 6.92 Å². The number of halogens is 1. The minimum Gasteiger partial charge on any atom is -0.398 e. The molecule has 0 unspecified atom stereocenters. The summed E-state index contributed by atoms with van der Waals surface area (Å²) in [4.78, 5) is 0.936. The molecule has 2 aromatic rings. The summed E-state index contributed by atoms with van der Waals surface area (Å²) < 4.78 is 26.8. The van der Waals surface area contributed by atoms with Crippen LogP contribution in [-0.2, 0) is 10.0 Å². The van der Waals surface area contributed by atoms with E-state index >= 15 is 0 Å². The van der Waals surface area contributed by atoms with Crippen molar-refractivity contribution in [3.63, 3.8) is 0 Å². The quantitative estimate of drug-likeness (QED) is 0.856. The van der Waals surface area contributed by atoms with E-state index in [2.05, 4.69) is 4.72 Å². The summed E-state index contributed by atoms with van der Waals surface area (Å²) >= 11 is 7.05. The molecule has 96 valence electrons. The number of sulfonamides is 1. The zero-order valence-electron chi connectivity index (χ0n) is 9.48. The van der Waals surface area contributed by atoms with E-state index in [-0.39, 0.29) is 4.21 Å². The van der Waals surface area contributed by atoms with E-state index in [0.29, 0.717) is 16.4 Å². The van der Waals surface area contributed by atoms with E-state index in [4.69, 9.17) is 17.3 Å². The highest BCUT2D eigenvalue weighted by Crippen LogP contribution is 2.26. The van der Waals surface area contributed by atoms with Crippen LogP contribution in [0.3, 0.4) is 0 Å². The van der Waals surface area contributed by atoms with Gasteiger partial charge in [-0.05, 0) is 37.3 Å². The summed E-state index contributed by atoms with van der Waals surface area (Å²) in [5, 5.41) is 0.317. The summed E-state index contributed by atoms with van der Waals surface area (Å²) in [6.07, 6.45) is 0. The highest BCUT2D eigenvalue weighted by atomic mass is 35.5. The molecule has 0 aliphatic heterocycles. The molecule has 3 N–H and O–H groups in total. The van der Waals surface area contributed by atoms with Crippen LogP contribution in [0.2, 0.25) is 5.02 Å². The van der Waals surface area contributed by atoms with Gasteiger partial charge in [-0.25, -0.2) is 8.42 Å². The Morgan fingerprint density at radius 2 is 2.00 bits per heavy atom. The van der Waals surface area contributed by atoms with Gasteiger partial charge in [0.2, 0.25) is 0 Å². The molecular formula is C11H11ClN2O2S2. The zero-order valence-corrected chi connectivity index (χ0v) is 11.9. The summed E-state index contributed by atoms with van der Waals surface area (Å²) in [6, 6.07) is 7.93. The van der Waals surface area contributed by atoms with Crippen molar-refractivity contribution in [3.05, 3.63) is 40.2 Å². The first-order chi connectivity index (χ1) is 8.38. The molecule has 0 saturated carbocycles. The van der Waals surface area contributed by atoms with Gasteiger partial charge in [0, 0.05) is 4.88 Å². The number of anilines is 2. The third-order valence-electron chi connectivity index (χ3n) is 2.23. The topological polar surface area (TPSA) is 72.2 Å². The number of aryl methyl sites for hydroxylation is 1. The number of thiophene rings is 1. The predicted octanol–water partition coefficient (Wildman–Crippen LogP) is 3.09. The van der Waals surface area contributed by atoms with Crippen molar-refractivity contribution in [2.45, 2.75) is 11.1 Å². The summed E-state index contributed by atoms with van der Waals surface area (Å²) in [5.41, 5.74) is 6.36. The fourth-order valence-electron chi connectivity index (χ4n) is 1.35. The summed E-state index contributed by atoms with van der Waals surface area (Å²) in [6.45, 7) is 1.85. The number of benzene rings is 1. The van der Waals surface area contributed by atoms with Gasteiger partial charge in [0.05, 0.1) is 16.4 Å². The molecule has 0 aliphatic carbocycles. The lowest BCUT2D eigenvalue weighted by Gasteiger charge is -2.07. The highest BCUT2D eigenvalue weighted by molar-refractivity contribution is 7.94. The van der Waals surface area contributed by atoms with E-state index < -0.39 is 10.0 Å². The fourth-order valence-corrected chi connectivity index (χ4v) is 3.87. The predicted molar refractivity (Wildman–Crippen MR) is 75.7 cm³/mol. The average Bonchev–Trinajstić information content (AvgIpc) is 2.71. The molecule has 7 heteroatoms. The first kappa shape index (κ1) is 13.2. The highest BCUT2D eigenvalue weighted by Gasteiger charge is 2.16. The smallest absolute Gasteiger partial charge is 0.271 e. The molecule has 0 amide bonds. The normalized spacial score (nSPS) is 11.4. The molecule has 1 aromatic carbocycles. The monoisotopic (exact) mass is 302 g/mol. The van der Waals surface area contributed by atoms with Crippen molar-refractivity contribution in [3.8, 4) is 0 Å². The lowest BCUT2D eigenvalue weighted by atomic mass is 10.3. The van der Waals surface area contributed by atoms with Crippen LogP contribution in [-0.4, -0.2) is 8.42 Å². The van der Waals surface area contributed by atoms with E-state index in [0.717, 1.165) is 4.88 Å². The van der Waals surface area contributed by atoms with Crippen LogP contribution >= 0.6 is 22.9 Å². The molecule has 0 saturated heterocycles. The molecular weight excluding hydrogens is 292 g/mol. The van der Waals surface area contributed by atoms with E-state index in [1.165, 1.54) is 17.4 Å². The van der Waals surface area contributed by atoms with Crippen molar-refractivity contribution in [1.29, 1.82) is 0 Å². The second-order valence-corrected chi connectivity index (χ2v) is 7.31. The minimum atomic E-state index is -3.55. The van der Waals surface area contributed by atoms with Crippen LogP contribution in [0.1, 0.15) is 4.88 Å². The average molecular weight is 303 g/mol. The van der Waals surface area contributed by atoms with E-state index in [9.17, 15) is 8.42 Å². The van der Waals surface area contributed by atoms with Crippen molar-refractivity contribution in [1.82, 2.24) is 0 Å². The number of nitrogens with one attached hydrogen (secondary N) is 1. The first-order valence-corrected chi connectivity index (χ1v) is 7.70. The van der Waals surface area contributed by atoms with Gasteiger partial charge in [0.25, 0.3) is 10.0 Å². The third-order valence-corrected chi connectivity index (χ3v) is 5.43. The molecule has 0 radical (unpaired) electrons. The Labute approximate surface area is 114 Å². The molecule has 0 aliphatic rings. The molecule has 1 aromatic heterocycles. The molecule has 0 fully saturated rings. The fraction of sp³-hybridized carbons (Fsp3) is 0.0909. The molecule has 2 rings (SSSR count). The third kappa shape index (κ3) is 2.77. The molecule has 0 atom stereocenters. The molecule has 1 heterocycles. The van der Waals surface area contributed by atoms with Crippen LogP contribution in [0.15, 0.2) is 34.5 Å². The molecule has 18 heavy (non-hydrogen) atoms. The SMILES string of the molecule is Cc1ccc(S(=O)(=O)Nc2ccc(N)c(Cl)c2)s1. The molecule has 0 spiro atoms. The van der Waals surface area contributed by atoms with Gasteiger partial charge in [-0.3, -0.25) is 4.72 Å². The van der Waals surface area contributed by atoms with Gasteiger partial charge >= 0.3 is 0 Å². The Hall–Kier alpha value is -1.24. The molecule has 0 bridgehead atoms. The summed E-state index contributed by atoms with van der Waals surface area (Å²) in [5.74, 6) is 0. The van der Waals surface area contributed by atoms with Gasteiger partial charge in [-0.15, -0.1) is 11.3 Å². The number of hydrogen-bond acceptors (Lipinski definition) is 4. The molecule has 4 nitrogen and oxygen atoms in total. The lowest BCUT2D eigenvalue weighted by molar-refractivity contribution is 0.603. The van der Waals surface area contributed by atoms with Crippen LogP contribution in [0.25, 0.3) is 0 Å². The second kappa shape index (κ2) is 4.79. The summed E-state index contributed by atoms with van der Waals surface area (Å²) in [7, 11) is -3.55. The largest absolute Gasteiger partial charge is 0.398 e. The minimum absolute atomic E-state index is 0.271. The van der Waals surface area contributed by atoms with E-state index in [1.54, 1.807) is 24.3 Å². The van der Waals surface area contributed by atoms with Gasteiger partial charge in [-0.2, -0.15) is 0 Å². The van der Waals surface area contributed by atoms with Gasteiger partial charge in [0.15, 0.2) is 0 Å². The van der Waals surface area contributed by atoms with Crippen molar-refractivity contribution < 1.29 is 8.42 Å². The maximum Gasteiger partial charge on any atom is 0.271 e. The first-order valence-electron chi connectivity index (χ1n) is 5.03. The van der Waals surface area contributed by atoms with Crippen LogP contribution < -0.4 is 10.5 Å². The number of nitrogens with two attached hydrogens (primary N) is 1. The van der Waals surface area contributed by atoms with Gasteiger partial charge in [0.1, 0.15) is 4.21 Å². The van der Waals surface area contributed by atoms with Crippen molar-refractivity contribution in [2.75, 3.05) is 10.5 Å². The van der Waals surface area contributed by atoms with E-state index in [1.807, 2.05) is 6.92 Å². The Morgan fingerprint density at radius 1 is 1.28 bits per heavy atom. The zero-order chi connectivity index (χ0) is 13.3. The number of hydrogen-bond donors (Lipinski definition) is 2. The number of rotatable bonds is 3. The van der Waals surface area contributed by atoms with Gasteiger partial charge in [-0.1, -0.05) is 11.6 Å². The number of nitrogen functional groups attached to an aromatic ring is 1. The van der Waals surface area contributed by atoms with Crippen molar-refractivity contribution >= 4 is 44.3 Å². The van der Waals surface area contributed by atoms with Crippen molar-refractivity contribution in [2.24, 2.45) is 0 Å². The lowest BCUT2D eigenvalue weighted by Crippen LogP contribution is -2.11. The Kier molecular flexibility index (Phi) is 3.52.